The lowest BCUT2D eigenvalue weighted by Gasteiger charge is -2.20. The van der Waals surface area contributed by atoms with Crippen LogP contribution in [0.3, 0.4) is 0 Å². The van der Waals surface area contributed by atoms with E-state index >= 15 is 0 Å². The predicted molar refractivity (Wildman–Crippen MR) is 101 cm³/mol. The number of carbonyl (C=O) groups excluding carboxylic acids is 1. The third-order valence-electron chi connectivity index (χ3n) is 3.57. The Bertz CT molecular complexity index is 673. The first-order valence-electron chi connectivity index (χ1n) is 7.39. The molecule has 6 heteroatoms. The normalized spacial score (nSPS) is 16.4. The molecule has 0 saturated heterocycles. The molecule has 1 heterocycles. The molecular weight excluding hydrogens is 398 g/mol. The molecule has 0 unspecified atom stereocenters. The molecule has 0 saturated carbocycles. The standard InChI is InChI=1S/C17H19BrClNO2S/c1-4-5-8-20-11(2)17(18)23-16(20)10-14(21)13-9-12(19)6-7-15(13)22-3/h6-7,9-10H,4-5,8H2,1-3H3. The zero-order valence-corrected chi connectivity index (χ0v) is 16.5. The number of allylic oxidation sites excluding steroid dienone is 2. The van der Waals surface area contributed by atoms with Gasteiger partial charge in [0.05, 0.1) is 21.5 Å². The van der Waals surface area contributed by atoms with E-state index in [9.17, 15) is 4.79 Å². The summed E-state index contributed by atoms with van der Waals surface area (Å²) in [6.07, 6.45) is 3.84. The van der Waals surface area contributed by atoms with E-state index < -0.39 is 0 Å². The number of ketones is 1. The van der Waals surface area contributed by atoms with Crippen molar-refractivity contribution in [2.75, 3.05) is 13.7 Å². The molecule has 0 amide bonds. The van der Waals surface area contributed by atoms with Gasteiger partial charge < -0.3 is 9.64 Å². The van der Waals surface area contributed by atoms with Crippen molar-refractivity contribution < 1.29 is 9.53 Å². The second kappa shape index (κ2) is 8.27. The number of rotatable bonds is 6. The number of carbonyl (C=O) groups is 1. The van der Waals surface area contributed by atoms with Crippen molar-refractivity contribution in [1.82, 2.24) is 4.90 Å². The minimum Gasteiger partial charge on any atom is -0.496 e. The van der Waals surface area contributed by atoms with Gasteiger partial charge in [-0.25, -0.2) is 0 Å². The van der Waals surface area contributed by atoms with Crippen LogP contribution in [0.5, 0.6) is 5.75 Å². The molecule has 1 aliphatic heterocycles. The van der Waals surface area contributed by atoms with E-state index in [2.05, 4.69) is 34.7 Å². The molecule has 3 nitrogen and oxygen atoms in total. The lowest BCUT2D eigenvalue weighted by Crippen LogP contribution is -2.18. The summed E-state index contributed by atoms with van der Waals surface area (Å²) in [7, 11) is 1.55. The SMILES string of the molecule is CCCCN1C(=CC(=O)c2cc(Cl)ccc2OC)SC(Br)=C1C. The second-order valence-electron chi connectivity index (χ2n) is 5.16. The first-order valence-corrected chi connectivity index (χ1v) is 9.38. The van der Waals surface area contributed by atoms with E-state index in [1.54, 1.807) is 43.1 Å². The predicted octanol–water partition coefficient (Wildman–Crippen LogP) is 5.81. The van der Waals surface area contributed by atoms with E-state index in [-0.39, 0.29) is 5.78 Å². The molecule has 2 rings (SSSR count). The maximum Gasteiger partial charge on any atom is 0.192 e. The topological polar surface area (TPSA) is 29.5 Å². The van der Waals surface area contributed by atoms with Crippen molar-refractivity contribution in [2.45, 2.75) is 26.7 Å². The largest absolute Gasteiger partial charge is 0.496 e. The summed E-state index contributed by atoms with van der Waals surface area (Å²) in [5.41, 5.74) is 1.62. The molecule has 0 bridgehead atoms. The number of thioether (sulfide) groups is 1. The zero-order chi connectivity index (χ0) is 17.0. The van der Waals surface area contributed by atoms with E-state index in [0.29, 0.717) is 16.3 Å². The van der Waals surface area contributed by atoms with Gasteiger partial charge in [-0.3, -0.25) is 4.79 Å². The van der Waals surface area contributed by atoms with Gasteiger partial charge in [-0.05, 0) is 47.5 Å². The Labute approximate surface area is 154 Å². The van der Waals surface area contributed by atoms with Gasteiger partial charge in [-0.2, -0.15) is 0 Å². The van der Waals surface area contributed by atoms with Gasteiger partial charge >= 0.3 is 0 Å². The van der Waals surface area contributed by atoms with Crippen molar-refractivity contribution in [3.8, 4) is 5.75 Å². The Hall–Kier alpha value is -0.910. The number of methoxy groups -OCH3 is 1. The summed E-state index contributed by atoms with van der Waals surface area (Å²) >= 11 is 11.1. The highest BCUT2D eigenvalue weighted by Crippen LogP contribution is 2.44. The van der Waals surface area contributed by atoms with Crippen LogP contribution >= 0.6 is 39.3 Å². The van der Waals surface area contributed by atoms with E-state index in [1.807, 2.05) is 0 Å². The molecule has 0 radical (unpaired) electrons. The van der Waals surface area contributed by atoms with E-state index in [4.69, 9.17) is 16.3 Å². The first kappa shape index (κ1) is 18.4. The maximum atomic E-state index is 12.7. The Kier molecular flexibility index (Phi) is 6.62. The van der Waals surface area contributed by atoms with E-state index in [0.717, 1.165) is 33.9 Å². The third-order valence-corrected chi connectivity index (χ3v) is 5.88. The summed E-state index contributed by atoms with van der Waals surface area (Å²) < 4.78 is 6.32. The molecule has 23 heavy (non-hydrogen) atoms. The molecule has 1 aromatic rings. The highest BCUT2D eigenvalue weighted by molar-refractivity contribution is 9.14. The fraction of sp³-hybridized carbons (Fsp3) is 0.353. The lowest BCUT2D eigenvalue weighted by atomic mass is 10.1. The molecule has 1 aromatic carbocycles. The number of hydrogen-bond acceptors (Lipinski definition) is 4. The molecule has 0 aliphatic carbocycles. The van der Waals surface area contributed by atoms with Crippen LogP contribution in [-0.2, 0) is 0 Å². The van der Waals surface area contributed by atoms with Crippen LogP contribution in [0, 0.1) is 0 Å². The van der Waals surface area contributed by atoms with Gasteiger partial charge in [-0.1, -0.05) is 36.7 Å². The fourth-order valence-electron chi connectivity index (χ4n) is 2.26. The van der Waals surface area contributed by atoms with Crippen LogP contribution in [-0.4, -0.2) is 24.3 Å². The highest BCUT2D eigenvalue weighted by atomic mass is 79.9. The molecule has 0 atom stereocenters. The molecule has 0 fully saturated rings. The number of halogens is 2. The average Bonchev–Trinajstić information content (AvgIpc) is 2.79. The molecule has 124 valence electrons. The number of benzene rings is 1. The number of hydrogen-bond donors (Lipinski definition) is 0. The van der Waals surface area contributed by atoms with Crippen LogP contribution in [0.25, 0.3) is 0 Å². The number of unbranched alkanes of at least 4 members (excludes halogenated alkanes) is 1. The van der Waals surface area contributed by atoms with E-state index in [1.165, 1.54) is 0 Å². The van der Waals surface area contributed by atoms with Crippen LogP contribution in [0.2, 0.25) is 5.02 Å². The third kappa shape index (κ3) is 4.34. The molecule has 0 N–H and O–H groups in total. The maximum absolute atomic E-state index is 12.7. The molecular formula is C17H19BrClNO2S. The minimum absolute atomic E-state index is 0.108. The lowest BCUT2D eigenvalue weighted by molar-refractivity contribution is 0.104. The van der Waals surface area contributed by atoms with Gasteiger partial charge in [0.1, 0.15) is 5.75 Å². The summed E-state index contributed by atoms with van der Waals surface area (Å²) in [6, 6.07) is 5.07. The summed E-state index contributed by atoms with van der Waals surface area (Å²) in [5, 5.41) is 1.44. The first-order chi connectivity index (χ1) is 11.0. The Morgan fingerprint density at radius 3 is 2.87 bits per heavy atom. The zero-order valence-electron chi connectivity index (χ0n) is 13.4. The van der Waals surface area contributed by atoms with Crippen LogP contribution in [0.1, 0.15) is 37.0 Å². The fourth-order valence-corrected chi connectivity index (χ4v) is 4.09. The van der Waals surface area contributed by atoms with Crippen molar-refractivity contribution in [3.05, 3.63) is 49.4 Å². The van der Waals surface area contributed by atoms with Crippen molar-refractivity contribution in [3.63, 3.8) is 0 Å². The van der Waals surface area contributed by atoms with Gasteiger partial charge in [0.15, 0.2) is 5.78 Å². The summed E-state index contributed by atoms with van der Waals surface area (Å²) in [6.45, 7) is 5.11. The smallest absolute Gasteiger partial charge is 0.192 e. The molecule has 1 aliphatic rings. The minimum atomic E-state index is -0.108. The van der Waals surface area contributed by atoms with Crippen molar-refractivity contribution >= 4 is 45.1 Å². The monoisotopic (exact) mass is 415 g/mol. The van der Waals surface area contributed by atoms with Crippen molar-refractivity contribution in [1.29, 1.82) is 0 Å². The Morgan fingerprint density at radius 2 is 2.22 bits per heavy atom. The number of ether oxygens (including phenoxy) is 1. The number of nitrogens with zero attached hydrogens (tertiary/aromatic N) is 1. The van der Waals surface area contributed by atoms with Crippen LogP contribution < -0.4 is 4.74 Å². The van der Waals surface area contributed by atoms with Gasteiger partial charge in [0, 0.05) is 23.3 Å². The van der Waals surface area contributed by atoms with Gasteiger partial charge in [0.2, 0.25) is 0 Å². The van der Waals surface area contributed by atoms with Gasteiger partial charge in [0.25, 0.3) is 0 Å². The molecule has 0 spiro atoms. The Morgan fingerprint density at radius 1 is 1.48 bits per heavy atom. The summed E-state index contributed by atoms with van der Waals surface area (Å²) in [4.78, 5) is 14.9. The molecule has 0 aromatic heterocycles. The van der Waals surface area contributed by atoms with Crippen molar-refractivity contribution in [2.24, 2.45) is 0 Å². The van der Waals surface area contributed by atoms with Crippen LogP contribution in [0.4, 0.5) is 0 Å². The average molecular weight is 417 g/mol. The van der Waals surface area contributed by atoms with Crippen LogP contribution in [0.15, 0.2) is 38.8 Å². The second-order valence-corrected chi connectivity index (χ2v) is 7.94. The quantitative estimate of drug-likeness (QED) is 0.432. The van der Waals surface area contributed by atoms with Gasteiger partial charge in [-0.15, -0.1) is 0 Å². The highest BCUT2D eigenvalue weighted by Gasteiger charge is 2.25. The summed E-state index contributed by atoms with van der Waals surface area (Å²) in [5.74, 6) is 0.423. The Balaban J connectivity index is 2.30.